The van der Waals surface area contributed by atoms with Crippen molar-refractivity contribution in [3.8, 4) is 0 Å². The Hall–Kier alpha value is -4.50. The van der Waals surface area contributed by atoms with Crippen LogP contribution in [0.25, 0.3) is 0 Å². The van der Waals surface area contributed by atoms with E-state index in [0.29, 0.717) is 21.9 Å². The fraction of sp³-hybridized carbons (Fsp3) is 0.207. The number of aldehydes is 1. The number of hydrogen-bond donors (Lipinski definition) is 0. The first kappa shape index (κ1) is 29.1. The summed E-state index contributed by atoms with van der Waals surface area (Å²) in [6.45, 7) is 6.24. The Bertz CT molecular complexity index is 1350. The summed E-state index contributed by atoms with van der Waals surface area (Å²) in [6, 6.07) is 19.5. The summed E-state index contributed by atoms with van der Waals surface area (Å²) in [7, 11) is 0. The molecular weight excluding hydrogens is 524 g/mol. The van der Waals surface area contributed by atoms with Gasteiger partial charge >= 0.3 is 12.1 Å². The normalized spacial score (nSPS) is 11.6. The van der Waals surface area contributed by atoms with Crippen LogP contribution < -0.4 is 0 Å². The predicted octanol–water partition coefficient (Wildman–Crippen LogP) is 5.79. The molecule has 10 heteroatoms. The number of carbonyl (C=O) groups is 5. The van der Waals surface area contributed by atoms with Crippen molar-refractivity contribution in [1.82, 2.24) is 10.0 Å². The minimum Gasteiger partial charge on any atom is -0.422 e. The molecule has 3 aromatic rings. The number of nitrogens with zero attached hydrogens (tertiary/aromatic N) is 2. The molecule has 0 N–H and O–H groups in total. The third-order valence-corrected chi connectivity index (χ3v) is 5.58. The summed E-state index contributed by atoms with van der Waals surface area (Å²) in [5, 5.41) is 1.95. The molecule has 202 valence electrons. The van der Waals surface area contributed by atoms with Gasteiger partial charge in [-0.1, -0.05) is 41.9 Å². The zero-order valence-electron chi connectivity index (χ0n) is 21.8. The minimum absolute atomic E-state index is 0.0615. The molecule has 1 unspecified atom stereocenters. The maximum absolute atomic E-state index is 13.7. The van der Waals surface area contributed by atoms with E-state index in [1.807, 2.05) is 0 Å². The van der Waals surface area contributed by atoms with Gasteiger partial charge in [0.15, 0.2) is 0 Å². The highest BCUT2D eigenvalue weighted by Gasteiger charge is 2.41. The van der Waals surface area contributed by atoms with Gasteiger partial charge in [0, 0.05) is 28.6 Å². The van der Waals surface area contributed by atoms with Gasteiger partial charge in [-0.15, -0.1) is 5.01 Å². The second-order valence-corrected chi connectivity index (χ2v) is 9.81. The molecule has 0 bridgehead atoms. The van der Waals surface area contributed by atoms with Gasteiger partial charge in [-0.3, -0.25) is 14.4 Å². The van der Waals surface area contributed by atoms with E-state index in [4.69, 9.17) is 21.1 Å². The van der Waals surface area contributed by atoms with Gasteiger partial charge < -0.3 is 9.47 Å². The van der Waals surface area contributed by atoms with E-state index in [9.17, 15) is 24.0 Å². The summed E-state index contributed by atoms with van der Waals surface area (Å²) in [6.07, 6.45) is -2.06. The molecule has 3 aromatic carbocycles. The third kappa shape index (κ3) is 7.30. The van der Waals surface area contributed by atoms with Crippen molar-refractivity contribution >= 4 is 41.8 Å². The Morgan fingerprint density at radius 1 is 0.769 bits per heavy atom. The number of benzene rings is 3. The van der Waals surface area contributed by atoms with Gasteiger partial charge in [0.25, 0.3) is 11.8 Å². The van der Waals surface area contributed by atoms with Gasteiger partial charge in [0.2, 0.25) is 6.29 Å². The molecule has 3 amide bonds. The fourth-order valence-corrected chi connectivity index (χ4v) is 3.63. The Balaban J connectivity index is 1.93. The Kier molecular flexibility index (Phi) is 9.21. The number of imide groups is 1. The first-order valence-corrected chi connectivity index (χ1v) is 12.3. The number of hydrazine groups is 1. The summed E-state index contributed by atoms with van der Waals surface area (Å²) >= 11 is 5.96. The Labute approximate surface area is 230 Å². The van der Waals surface area contributed by atoms with Crippen LogP contribution in [0.3, 0.4) is 0 Å². The summed E-state index contributed by atoms with van der Waals surface area (Å²) in [5.41, 5.74) is -0.298. The van der Waals surface area contributed by atoms with Crippen molar-refractivity contribution < 1.29 is 33.4 Å². The molecule has 0 saturated heterocycles. The monoisotopic (exact) mass is 550 g/mol. The van der Waals surface area contributed by atoms with E-state index in [0.717, 1.165) is 5.01 Å². The summed E-state index contributed by atoms with van der Waals surface area (Å²) in [4.78, 5) is 64.1. The molecule has 0 heterocycles. The standard InChI is InChI=1S/C29H27ClN2O7/c1-19(38-27(36)23-12-10-20(18-33)11-13-23)39-28(37)31(25(34)22-14-16-24(30)17-15-22)32(29(2,3)4)26(35)21-8-6-5-7-9-21/h5-19H,1-4H3. The quantitative estimate of drug-likeness (QED) is 0.165. The van der Waals surface area contributed by atoms with Crippen molar-refractivity contribution in [2.45, 2.75) is 39.5 Å². The highest BCUT2D eigenvalue weighted by molar-refractivity contribution is 6.30. The predicted molar refractivity (Wildman–Crippen MR) is 143 cm³/mol. The molecule has 0 aliphatic carbocycles. The van der Waals surface area contributed by atoms with E-state index in [1.54, 1.807) is 51.1 Å². The Morgan fingerprint density at radius 3 is 1.85 bits per heavy atom. The molecule has 0 aliphatic rings. The van der Waals surface area contributed by atoms with Crippen LogP contribution in [-0.2, 0) is 9.47 Å². The van der Waals surface area contributed by atoms with Crippen LogP contribution in [0.15, 0.2) is 78.9 Å². The topological polar surface area (TPSA) is 110 Å². The first-order chi connectivity index (χ1) is 18.4. The molecule has 0 aromatic heterocycles. The molecule has 0 aliphatic heterocycles. The molecule has 3 rings (SSSR count). The lowest BCUT2D eigenvalue weighted by molar-refractivity contribution is -0.0919. The zero-order chi connectivity index (χ0) is 28.7. The van der Waals surface area contributed by atoms with Crippen LogP contribution >= 0.6 is 11.6 Å². The summed E-state index contributed by atoms with van der Waals surface area (Å²) < 4.78 is 10.5. The second kappa shape index (κ2) is 12.4. The number of esters is 1. The SMILES string of the molecule is CC(OC(=O)c1ccc(C=O)cc1)OC(=O)N(C(=O)c1ccc(Cl)cc1)N(C(=O)c1ccccc1)C(C)(C)C. The number of halogens is 1. The van der Waals surface area contributed by atoms with Crippen molar-refractivity contribution in [3.63, 3.8) is 0 Å². The molecule has 0 spiro atoms. The Morgan fingerprint density at radius 2 is 1.31 bits per heavy atom. The van der Waals surface area contributed by atoms with E-state index < -0.39 is 35.7 Å². The summed E-state index contributed by atoms with van der Waals surface area (Å²) in [5.74, 6) is -2.32. The number of carbonyl (C=O) groups excluding carboxylic acids is 5. The van der Waals surface area contributed by atoms with E-state index in [2.05, 4.69) is 0 Å². The molecule has 0 fully saturated rings. The number of hydrogen-bond acceptors (Lipinski definition) is 7. The van der Waals surface area contributed by atoms with Crippen molar-refractivity contribution in [2.75, 3.05) is 0 Å². The van der Waals surface area contributed by atoms with Crippen LogP contribution in [0, 0.1) is 0 Å². The minimum atomic E-state index is -1.44. The molecule has 0 saturated carbocycles. The van der Waals surface area contributed by atoms with Crippen LogP contribution in [0.4, 0.5) is 4.79 Å². The van der Waals surface area contributed by atoms with Crippen molar-refractivity contribution in [3.05, 3.63) is 106 Å². The molecule has 39 heavy (non-hydrogen) atoms. The zero-order valence-corrected chi connectivity index (χ0v) is 22.5. The van der Waals surface area contributed by atoms with E-state index in [1.165, 1.54) is 55.5 Å². The lowest BCUT2D eigenvalue weighted by atomic mass is 10.1. The fourth-order valence-electron chi connectivity index (χ4n) is 3.50. The second-order valence-electron chi connectivity index (χ2n) is 9.37. The molecule has 0 radical (unpaired) electrons. The lowest BCUT2D eigenvalue weighted by Crippen LogP contribution is -2.60. The van der Waals surface area contributed by atoms with Gasteiger partial charge in [-0.2, -0.15) is 0 Å². The number of amides is 3. The van der Waals surface area contributed by atoms with Crippen LogP contribution in [0.1, 0.15) is 69.1 Å². The van der Waals surface area contributed by atoms with Crippen molar-refractivity contribution in [2.24, 2.45) is 0 Å². The van der Waals surface area contributed by atoms with Gasteiger partial charge in [-0.25, -0.2) is 14.6 Å². The van der Waals surface area contributed by atoms with Crippen LogP contribution in [0.2, 0.25) is 5.02 Å². The highest BCUT2D eigenvalue weighted by atomic mass is 35.5. The molecule has 9 nitrogen and oxygen atoms in total. The highest BCUT2D eigenvalue weighted by Crippen LogP contribution is 2.24. The van der Waals surface area contributed by atoms with Gasteiger partial charge in [0.1, 0.15) is 6.29 Å². The maximum Gasteiger partial charge on any atom is 0.439 e. The third-order valence-electron chi connectivity index (χ3n) is 5.33. The lowest BCUT2D eigenvalue weighted by Gasteiger charge is -2.41. The average Bonchev–Trinajstić information content (AvgIpc) is 2.91. The van der Waals surface area contributed by atoms with Gasteiger partial charge in [0.05, 0.1) is 11.1 Å². The van der Waals surface area contributed by atoms with Crippen LogP contribution in [-0.4, -0.2) is 52.0 Å². The maximum atomic E-state index is 13.7. The molecular formula is C29H27ClN2O7. The first-order valence-electron chi connectivity index (χ1n) is 11.9. The number of ether oxygens (including phenoxy) is 2. The van der Waals surface area contributed by atoms with Crippen LogP contribution in [0.5, 0.6) is 0 Å². The van der Waals surface area contributed by atoms with E-state index in [-0.39, 0.29) is 16.7 Å². The molecule has 1 atom stereocenters. The largest absolute Gasteiger partial charge is 0.439 e. The van der Waals surface area contributed by atoms with Crippen molar-refractivity contribution in [1.29, 1.82) is 0 Å². The average molecular weight is 551 g/mol. The smallest absolute Gasteiger partial charge is 0.422 e. The number of rotatable bonds is 6. The van der Waals surface area contributed by atoms with Gasteiger partial charge in [-0.05, 0) is 69.3 Å². The van der Waals surface area contributed by atoms with E-state index >= 15 is 0 Å².